The van der Waals surface area contributed by atoms with Crippen molar-refractivity contribution in [3.8, 4) is 0 Å². The van der Waals surface area contributed by atoms with Gasteiger partial charge in [-0.3, -0.25) is 0 Å². The fourth-order valence-corrected chi connectivity index (χ4v) is 3.62. The summed E-state index contributed by atoms with van der Waals surface area (Å²) in [5, 5.41) is 47.0. The fourth-order valence-electron chi connectivity index (χ4n) is 3.62. The van der Waals surface area contributed by atoms with Crippen LogP contribution >= 0.6 is 0 Å². The summed E-state index contributed by atoms with van der Waals surface area (Å²) < 4.78 is 5.33. The lowest BCUT2D eigenvalue weighted by Gasteiger charge is -2.25. The standard InChI is InChI=1S/C24H50O6/c1-2-3-4-5-6-7-8-9-10-11-12-13-14-15-16-17-18-30-20-22(27)24(29)23(28)21(26)19-25/h21-29H,2-20H2,1H3. The van der Waals surface area contributed by atoms with E-state index in [0.717, 1.165) is 12.8 Å². The molecule has 0 aromatic carbocycles. The summed E-state index contributed by atoms with van der Waals surface area (Å²) in [6.45, 7) is 1.99. The molecule has 182 valence electrons. The van der Waals surface area contributed by atoms with Crippen LogP contribution in [0.5, 0.6) is 0 Å². The van der Waals surface area contributed by atoms with Crippen LogP contribution < -0.4 is 0 Å². The zero-order chi connectivity index (χ0) is 22.5. The highest BCUT2D eigenvalue weighted by molar-refractivity contribution is 4.80. The van der Waals surface area contributed by atoms with Crippen LogP contribution in [-0.4, -0.2) is 69.8 Å². The number of unbranched alkanes of at least 4 members (excludes halogenated alkanes) is 15. The van der Waals surface area contributed by atoms with Crippen molar-refractivity contribution in [3.63, 3.8) is 0 Å². The normalized spacial score (nSPS) is 15.8. The summed E-state index contributed by atoms with van der Waals surface area (Å²) in [5.74, 6) is 0. The first kappa shape index (κ1) is 29.8. The molecular formula is C24H50O6. The Morgan fingerprint density at radius 2 is 0.900 bits per heavy atom. The number of hydrogen-bond acceptors (Lipinski definition) is 6. The second-order valence-electron chi connectivity index (χ2n) is 8.68. The Morgan fingerprint density at radius 1 is 0.533 bits per heavy atom. The van der Waals surface area contributed by atoms with Gasteiger partial charge in [-0.25, -0.2) is 0 Å². The van der Waals surface area contributed by atoms with E-state index in [4.69, 9.17) is 9.84 Å². The first-order valence-corrected chi connectivity index (χ1v) is 12.4. The SMILES string of the molecule is CCCCCCCCCCCCCCCCCCOCC(O)C(O)C(O)C(O)CO. The van der Waals surface area contributed by atoms with E-state index in [2.05, 4.69) is 6.92 Å². The highest BCUT2D eigenvalue weighted by atomic mass is 16.5. The highest BCUT2D eigenvalue weighted by Gasteiger charge is 2.29. The molecule has 0 aliphatic rings. The predicted molar refractivity (Wildman–Crippen MR) is 121 cm³/mol. The van der Waals surface area contributed by atoms with Crippen molar-refractivity contribution in [2.24, 2.45) is 0 Å². The summed E-state index contributed by atoms with van der Waals surface area (Å²) in [4.78, 5) is 0. The number of rotatable bonds is 23. The first-order chi connectivity index (χ1) is 14.5. The molecule has 0 aliphatic carbocycles. The molecule has 0 aliphatic heterocycles. The Kier molecular flexibility index (Phi) is 21.8. The average Bonchev–Trinajstić information content (AvgIpc) is 2.76. The van der Waals surface area contributed by atoms with Crippen molar-refractivity contribution in [1.29, 1.82) is 0 Å². The molecule has 0 bridgehead atoms. The van der Waals surface area contributed by atoms with Crippen LogP contribution in [0.3, 0.4) is 0 Å². The molecule has 4 unspecified atom stereocenters. The lowest BCUT2D eigenvalue weighted by molar-refractivity contribution is -0.129. The van der Waals surface area contributed by atoms with Gasteiger partial charge in [-0.1, -0.05) is 103 Å². The predicted octanol–water partition coefficient (Wildman–Crippen LogP) is 3.70. The van der Waals surface area contributed by atoms with Crippen molar-refractivity contribution < 1.29 is 30.3 Å². The van der Waals surface area contributed by atoms with Gasteiger partial charge < -0.3 is 30.3 Å². The second-order valence-corrected chi connectivity index (χ2v) is 8.68. The minimum Gasteiger partial charge on any atom is -0.394 e. The fraction of sp³-hybridized carbons (Fsp3) is 1.00. The quantitative estimate of drug-likeness (QED) is 0.157. The van der Waals surface area contributed by atoms with Crippen LogP contribution in [0.15, 0.2) is 0 Å². The monoisotopic (exact) mass is 434 g/mol. The Balaban J connectivity index is 3.29. The second kappa shape index (κ2) is 22.0. The van der Waals surface area contributed by atoms with Crippen molar-refractivity contribution >= 4 is 0 Å². The molecule has 6 nitrogen and oxygen atoms in total. The lowest BCUT2D eigenvalue weighted by Crippen LogP contribution is -2.47. The van der Waals surface area contributed by atoms with Gasteiger partial charge in [-0.2, -0.15) is 0 Å². The largest absolute Gasteiger partial charge is 0.394 e. The van der Waals surface area contributed by atoms with E-state index < -0.39 is 31.0 Å². The van der Waals surface area contributed by atoms with Crippen LogP contribution in [-0.2, 0) is 4.74 Å². The van der Waals surface area contributed by atoms with Crippen LogP contribution in [0.4, 0.5) is 0 Å². The molecular weight excluding hydrogens is 384 g/mol. The van der Waals surface area contributed by atoms with E-state index in [1.165, 1.54) is 89.9 Å². The molecule has 0 fully saturated rings. The highest BCUT2D eigenvalue weighted by Crippen LogP contribution is 2.14. The molecule has 6 heteroatoms. The third-order valence-corrected chi connectivity index (χ3v) is 5.76. The maximum absolute atomic E-state index is 9.74. The van der Waals surface area contributed by atoms with Crippen molar-refractivity contribution in [3.05, 3.63) is 0 Å². The Bertz CT molecular complexity index is 342. The zero-order valence-corrected chi connectivity index (χ0v) is 19.4. The van der Waals surface area contributed by atoms with Gasteiger partial charge in [0.2, 0.25) is 0 Å². The maximum Gasteiger partial charge on any atom is 0.111 e. The van der Waals surface area contributed by atoms with E-state index in [0.29, 0.717) is 6.61 Å². The van der Waals surface area contributed by atoms with Gasteiger partial charge >= 0.3 is 0 Å². The van der Waals surface area contributed by atoms with Crippen LogP contribution in [0.2, 0.25) is 0 Å². The van der Waals surface area contributed by atoms with Crippen LogP contribution in [0.1, 0.15) is 110 Å². The summed E-state index contributed by atoms with van der Waals surface area (Å²) >= 11 is 0. The summed E-state index contributed by atoms with van der Waals surface area (Å²) in [6.07, 6.45) is 15.1. The van der Waals surface area contributed by atoms with E-state index in [1.54, 1.807) is 0 Å². The molecule has 4 atom stereocenters. The van der Waals surface area contributed by atoms with E-state index in [9.17, 15) is 20.4 Å². The van der Waals surface area contributed by atoms with E-state index >= 15 is 0 Å². The van der Waals surface area contributed by atoms with E-state index in [1.807, 2.05) is 0 Å². The molecule has 0 aromatic rings. The number of hydrogen-bond donors (Lipinski definition) is 5. The number of ether oxygens (including phenoxy) is 1. The molecule has 0 spiro atoms. The van der Waals surface area contributed by atoms with Gasteiger partial charge in [0, 0.05) is 6.61 Å². The van der Waals surface area contributed by atoms with Crippen LogP contribution in [0.25, 0.3) is 0 Å². The molecule has 0 radical (unpaired) electrons. The first-order valence-electron chi connectivity index (χ1n) is 12.4. The minimum absolute atomic E-state index is 0.102. The third-order valence-electron chi connectivity index (χ3n) is 5.76. The Labute approximate surface area is 184 Å². The van der Waals surface area contributed by atoms with Crippen molar-refractivity contribution in [2.75, 3.05) is 19.8 Å². The molecule has 0 saturated heterocycles. The van der Waals surface area contributed by atoms with Gasteiger partial charge in [0.15, 0.2) is 0 Å². The molecule has 0 aromatic heterocycles. The van der Waals surface area contributed by atoms with Gasteiger partial charge in [-0.05, 0) is 6.42 Å². The molecule has 0 amide bonds. The lowest BCUT2D eigenvalue weighted by atomic mass is 10.0. The van der Waals surface area contributed by atoms with Gasteiger partial charge in [0.1, 0.15) is 24.4 Å². The number of aliphatic hydroxyl groups is 5. The van der Waals surface area contributed by atoms with Gasteiger partial charge in [0.05, 0.1) is 13.2 Å². The van der Waals surface area contributed by atoms with Crippen molar-refractivity contribution in [1.82, 2.24) is 0 Å². The van der Waals surface area contributed by atoms with Gasteiger partial charge in [-0.15, -0.1) is 0 Å². The average molecular weight is 435 g/mol. The third kappa shape index (κ3) is 17.4. The number of aliphatic hydroxyl groups excluding tert-OH is 5. The van der Waals surface area contributed by atoms with Gasteiger partial charge in [0.25, 0.3) is 0 Å². The van der Waals surface area contributed by atoms with Crippen LogP contribution in [0, 0.1) is 0 Å². The molecule has 5 N–H and O–H groups in total. The molecule has 0 saturated carbocycles. The topological polar surface area (TPSA) is 110 Å². The summed E-state index contributed by atoms with van der Waals surface area (Å²) in [5.41, 5.74) is 0. The van der Waals surface area contributed by atoms with Crippen molar-refractivity contribution in [2.45, 2.75) is 134 Å². The zero-order valence-electron chi connectivity index (χ0n) is 19.4. The molecule has 0 heterocycles. The summed E-state index contributed by atoms with van der Waals surface area (Å²) in [7, 11) is 0. The summed E-state index contributed by atoms with van der Waals surface area (Å²) in [6, 6.07) is 0. The Morgan fingerprint density at radius 3 is 1.30 bits per heavy atom. The van der Waals surface area contributed by atoms with E-state index in [-0.39, 0.29) is 6.61 Å². The molecule has 0 rings (SSSR count). The molecule has 30 heavy (non-hydrogen) atoms. The smallest absolute Gasteiger partial charge is 0.111 e. The maximum atomic E-state index is 9.74. The minimum atomic E-state index is -1.59. The Hall–Kier alpha value is -0.240.